The number of nitrogens with one attached hydrogen (secondary N) is 1. The maximum absolute atomic E-state index is 13.5. The molecule has 3 aliphatic rings. The molecule has 0 spiro atoms. The first-order valence-electron chi connectivity index (χ1n) is 12.0. The van der Waals surface area contributed by atoms with E-state index < -0.39 is 29.5 Å². The van der Waals surface area contributed by atoms with E-state index in [0.717, 1.165) is 32.1 Å². The normalized spacial score (nSPS) is 30.5. The van der Waals surface area contributed by atoms with Crippen LogP contribution in [0.5, 0.6) is 0 Å². The van der Waals surface area contributed by atoms with Crippen molar-refractivity contribution in [3.8, 4) is 0 Å². The summed E-state index contributed by atoms with van der Waals surface area (Å²) < 4.78 is 54.3. The highest BCUT2D eigenvalue weighted by atomic mass is 32.2. The number of nitrogens with zero attached hydrogens (tertiary/aromatic N) is 2. The van der Waals surface area contributed by atoms with Crippen LogP contribution in [0.2, 0.25) is 0 Å². The van der Waals surface area contributed by atoms with Gasteiger partial charge in [-0.25, -0.2) is 4.79 Å². The predicted molar refractivity (Wildman–Crippen MR) is 121 cm³/mol. The number of hydrogen-bond donors (Lipinski definition) is 2. The Kier molecular flexibility index (Phi) is 9.19. The summed E-state index contributed by atoms with van der Waals surface area (Å²) in [6.07, 6.45) is -0.240. The molecule has 1 saturated heterocycles. The van der Waals surface area contributed by atoms with Crippen LogP contribution < -0.4 is 5.73 Å². The van der Waals surface area contributed by atoms with Gasteiger partial charge in [-0.3, -0.25) is 11.1 Å². The summed E-state index contributed by atoms with van der Waals surface area (Å²) in [4.78, 5) is 17.4. The van der Waals surface area contributed by atoms with E-state index >= 15 is 0 Å². The van der Waals surface area contributed by atoms with Crippen LogP contribution >= 0.6 is 0 Å². The van der Waals surface area contributed by atoms with Crippen molar-refractivity contribution in [2.45, 2.75) is 76.7 Å². The number of alkyl halides is 3. The number of carbonyl (C=O) groups is 1. The molecule has 0 aromatic carbocycles. The number of halogens is 3. The maximum Gasteiger partial charge on any atom is 0.439 e. The minimum Gasteiger partial charge on any atom is -0.616 e. The van der Waals surface area contributed by atoms with Gasteiger partial charge < -0.3 is 19.1 Å². The van der Waals surface area contributed by atoms with Gasteiger partial charge in [0.2, 0.25) is 6.23 Å². The highest BCUT2D eigenvalue weighted by molar-refractivity contribution is 7.91. The second kappa shape index (κ2) is 11.5. The Morgan fingerprint density at radius 3 is 2.36 bits per heavy atom. The predicted octanol–water partition coefficient (Wildman–Crippen LogP) is 3.70. The summed E-state index contributed by atoms with van der Waals surface area (Å²) in [6, 6.07) is 0.211. The molecule has 0 radical (unpaired) electrons. The van der Waals surface area contributed by atoms with Gasteiger partial charge in [-0.1, -0.05) is 30.9 Å². The maximum atomic E-state index is 13.5. The van der Waals surface area contributed by atoms with Gasteiger partial charge in [0.25, 0.3) is 0 Å². The van der Waals surface area contributed by atoms with E-state index in [1.165, 1.54) is 6.42 Å². The Labute approximate surface area is 197 Å². The molecule has 2 aliphatic carbocycles. The Bertz CT molecular complexity index is 668. The Hall–Kier alpha value is -1.20. The van der Waals surface area contributed by atoms with E-state index in [-0.39, 0.29) is 23.9 Å². The average molecular weight is 495 g/mol. The van der Waals surface area contributed by atoms with Gasteiger partial charge >= 0.3 is 12.2 Å². The van der Waals surface area contributed by atoms with E-state index in [1.54, 1.807) is 0 Å². The third-order valence-corrected chi connectivity index (χ3v) is 8.69. The van der Waals surface area contributed by atoms with Crippen molar-refractivity contribution in [1.29, 1.82) is 5.41 Å². The van der Waals surface area contributed by atoms with Gasteiger partial charge in [0.15, 0.2) is 5.90 Å². The molecule has 7 nitrogen and oxygen atoms in total. The van der Waals surface area contributed by atoms with Crippen molar-refractivity contribution < 1.29 is 27.3 Å². The quantitative estimate of drug-likeness (QED) is 0.263. The second-order valence-corrected chi connectivity index (χ2v) is 11.5. The molecule has 33 heavy (non-hydrogen) atoms. The van der Waals surface area contributed by atoms with E-state index in [0.29, 0.717) is 49.9 Å². The monoisotopic (exact) mass is 494 g/mol. The molecule has 190 valence electrons. The summed E-state index contributed by atoms with van der Waals surface area (Å²) in [6.45, 7) is 3.86. The van der Waals surface area contributed by atoms with Crippen LogP contribution in [0.3, 0.4) is 0 Å². The average Bonchev–Trinajstić information content (AvgIpc) is 2.78. The van der Waals surface area contributed by atoms with Crippen LogP contribution in [0, 0.1) is 23.2 Å². The molecule has 11 heteroatoms. The van der Waals surface area contributed by atoms with Crippen molar-refractivity contribution in [1.82, 2.24) is 9.80 Å². The molecule has 3 atom stereocenters. The first-order valence-corrected chi connectivity index (χ1v) is 13.5. The van der Waals surface area contributed by atoms with Crippen LogP contribution in [-0.2, 0) is 15.9 Å². The number of rotatable bonds is 5. The summed E-state index contributed by atoms with van der Waals surface area (Å²) in [5.41, 5.74) is 5.00. The zero-order valence-corrected chi connectivity index (χ0v) is 20.1. The number of carbonyl (C=O) groups excluding carboxylic acids is 1. The van der Waals surface area contributed by atoms with Crippen LogP contribution in [0.25, 0.3) is 0 Å². The topological polar surface area (TPSA) is 106 Å². The van der Waals surface area contributed by atoms with E-state index in [4.69, 9.17) is 11.1 Å². The largest absolute Gasteiger partial charge is 0.616 e. The molecule has 1 heterocycles. The smallest absolute Gasteiger partial charge is 0.439 e. The molecule has 3 rings (SSSR count). The standard InChI is InChI=1S/C22H37F3N4O3S/c1-15-4-2-3-5-18(15)29(21(30)28-10-12-33(31)13-11-28)14-16-6-8-17(9-7-16)19(26)32-20(27)22(23,24)25/h15-18,20,26H,2-14,27H2,1H3. The van der Waals surface area contributed by atoms with Crippen molar-refractivity contribution in [2.75, 3.05) is 31.1 Å². The van der Waals surface area contributed by atoms with Crippen molar-refractivity contribution in [3.63, 3.8) is 0 Å². The molecule has 2 saturated carbocycles. The first-order chi connectivity index (χ1) is 15.6. The fourth-order valence-electron chi connectivity index (χ4n) is 5.31. The van der Waals surface area contributed by atoms with Gasteiger partial charge in [-0.2, -0.15) is 13.2 Å². The molecule has 3 unspecified atom stereocenters. The molecule has 2 amide bonds. The fourth-order valence-corrected chi connectivity index (χ4v) is 6.36. The van der Waals surface area contributed by atoms with Crippen molar-refractivity contribution in [2.24, 2.45) is 23.5 Å². The molecule has 3 fully saturated rings. The summed E-state index contributed by atoms with van der Waals surface area (Å²) >= 11 is -0.851. The third-order valence-electron chi connectivity index (χ3n) is 7.41. The van der Waals surface area contributed by atoms with E-state index in [1.807, 2.05) is 9.80 Å². The van der Waals surface area contributed by atoms with Gasteiger partial charge in [-0.05, 0) is 50.4 Å². The second-order valence-electron chi connectivity index (χ2n) is 9.76. The summed E-state index contributed by atoms with van der Waals surface area (Å²) in [7, 11) is 0. The number of hydrogen-bond acceptors (Lipinski definition) is 5. The molecular formula is C22H37F3N4O3S. The molecular weight excluding hydrogens is 457 g/mol. The zero-order valence-electron chi connectivity index (χ0n) is 19.3. The van der Waals surface area contributed by atoms with Crippen molar-refractivity contribution >= 4 is 23.1 Å². The lowest BCUT2D eigenvalue weighted by molar-refractivity contribution is -0.198. The Morgan fingerprint density at radius 2 is 1.79 bits per heavy atom. The van der Waals surface area contributed by atoms with Crippen LogP contribution in [0.15, 0.2) is 0 Å². The number of urea groups is 1. The number of nitrogens with two attached hydrogens (primary N) is 1. The van der Waals surface area contributed by atoms with Crippen LogP contribution in [0.1, 0.15) is 58.3 Å². The van der Waals surface area contributed by atoms with Crippen LogP contribution in [0.4, 0.5) is 18.0 Å². The zero-order chi connectivity index (χ0) is 24.2. The highest BCUT2D eigenvalue weighted by Crippen LogP contribution is 2.35. The minimum atomic E-state index is -4.69. The molecule has 0 bridgehead atoms. The lowest BCUT2D eigenvalue weighted by Crippen LogP contribution is -2.55. The Morgan fingerprint density at radius 1 is 1.18 bits per heavy atom. The fraction of sp³-hybridized carbons (Fsp3) is 0.909. The van der Waals surface area contributed by atoms with E-state index in [2.05, 4.69) is 11.7 Å². The SMILES string of the molecule is CC1CCCCC1N(CC1CCC(C(=N)OC(N)C(F)(F)F)CC1)C(=O)N1CC[S+]([O-])CC1. The lowest BCUT2D eigenvalue weighted by atomic mass is 9.80. The van der Waals surface area contributed by atoms with Gasteiger partial charge in [0.1, 0.15) is 11.5 Å². The van der Waals surface area contributed by atoms with Gasteiger partial charge in [0.05, 0.1) is 13.1 Å². The van der Waals surface area contributed by atoms with Crippen molar-refractivity contribution in [3.05, 3.63) is 0 Å². The molecule has 0 aromatic heterocycles. The highest BCUT2D eigenvalue weighted by Gasteiger charge is 2.41. The third kappa shape index (κ3) is 7.14. The summed E-state index contributed by atoms with van der Waals surface area (Å²) in [5.74, 6) is 0.934. The first kappa shape index (κ1) is 26.4. The Balaban J connectivity index is 1.59. The van der Waals surface area contributed by atoms with Gasteiger partial charge in [0, 0.05) is 18.5 Å². The van der Waals surface area contributed by atoms with E-state index in [9.17, 15) is 22.5 Å². The lowest BCUT2D eigenvalue weighted by Gasteiger charge is -2.44. The number of ether oxygens (including phenoxy) is 1. The molecule has 3 N–H and O–H groups in total. The molecule has 1 aliphatic heterocycles. The minimum absolute atomic E-state index is 0.0276. The number of amides is 2. The van der Waals surface area contributed by atoms with Gasteiger partial charge in [-0.15, -0.1) is 0 Å². The summed E-state index contributed by atoms with van der Waals surface area (Å²) in [5, 5.41) is 7.91. The molecule has 0 aromatic rings. The van der Waals surface area contributed by atoms with Crippen LogP contribution in [-0.4, -0.2) is 75.9 Å².